The zero-order valence-electron chi connectivity index (χ0n) is 12.9. The summed E-state index contributed by atoms with van der Waals surface area (Å²) in [4.78, 5) is 0. The molecule has 19 heavy (non-hydrogen) atoms. The minimum atomic E-state index is -0.852. The van der Waals surface area contributed by atoms with Crippen LogP contribution in [0.2, 0.25) is 0 Å². The summed E-state index contributed by atoms with van der Waals surface area (Å²) in [5.41, 5.74) is 0. The molecule has 0 heterocycles. The van der Waals surface area contributed by atoms with Gasteiger partial charge in [-0.2, -0.15) is 0 Å². The normalized spacial score (nSPS) is 13.7. The second-order valence-corrected chi connectivity index (χ2v) is 3.07. The van der Waals surface area contributed by atoms with Crippen molar-refractivity contribution in [3.05, 3.63) is 0 Å². The van der Waals surface area contributed by atoms with Gasteiger partial charge in [0.15, 0.2) is 0 Å². The van der Waals surface area contributed by atoms with Crippen molar-refractivity contribution in [3.63, 3.8) is 0 Å². The van der Waals surface area contributed by atoms with E-state index in [1.54, 1.807) is 20.8 Å². The second kappa shape index (κ2) is 24.0. The van der Waals surface area contributed by atoms with Crippen molar-refractivity contribution in [2.75, 3.05) is 19.8 Å². The van der Waals surface area contributed by atoms with Crippen LogP contribution in [-0.4, -0.2) is 38.7 Å². The van der Waals surface area contributed by atoms with Gasteiger partial charge in [-0.25, -0.2) is 0 Å². The van der Waals surface area contributed by atoms with Crippen LogP contribution in [0.5, 0.6) is 0 Å². The van der Waals surface area contributed by atoms with E-state index in [1.165, 1.54) is 20.8 Å². The van der Waals surface area contributed by atoms with Crippen LogP contribution in [0.25, 0.3) is 0 Å². The number of rotatable bonds is 6. The summed E-state index contributed by atoms with van der Waals surface area (Å²) in [5.74, 6) is 0. The molecule has 3 unspecified atom stereocenters. The van der Waals surface area contributed by atoms with Crippen molar-refractivity contribution in [1.82, 2.24) is 0 Å². The van der Waals surface area contributed by atoms with Gasteiger partial charge in [0.25, 0.3) is 0 Å². The molecule has 114 valence electrons. The molecular formula is C12H27LaO6. The maximum Gasteiger partial charge on any atom is 3.00 e. The van der Waals surface area contributed by atoms with Crippen molar-refractivity contribution >= 4 is 0 Å². The van der Waals surface area contributed by atoms with Crippen molar-refractivity contribution in [2.24, 2.45) is 0 Å². The van der Waals surface area contributed by atoms with Gasteiger partial charge in [0, 0.05) is 19.8 Å². The molecule has 0 amide bonds. The van der Waals surface area contributed by atoms with Crippen LogP contribution in [-0.2, 0) is 14.2 Å². The van der Waals surface area contributed by atoms with Gasteiger partial charge in [-0.1, -0.05) is 20.8 Å². The molecule has 0 aromatic rings. The quantitative estimate of drug-likeness (QED) is 0.536. The van der Waals surface area contributed by atoms with E-state index in [2.05, 4.69) is 14.2 Å². The van der Waals surface area contributed by atoms with Crippen molar-refractivity contribution in [1.29, 1.82) is 0 Å². The van der Waals surface area contributed by atoms with Crippen molar-refractivity contribution in [2.45, 2.75) is 60.4 Å². The zero-order valence-corrected chi connectivity index (χ0v) is 16.5. The minimum absolute atomic E-state index is 0. The van der Waals surface area contributed by atoms with E-state index in [0.717, 1.165) is 0 Å². The molecule has 0 aliphatic rings. The fourth-order valence-corrected chi connectivity index (χ4v) is 0.704. The molecule has 0 aromatic carbocycles. The maximum absolute atomic E-state index is 9.90. The van der Waals surface area contributed by atoms with Crippen molar-refractivity contribution in [3.8, 4) is 0 Å². The van der Waals surface area contributed by atoms with E-state index in [4.69, 9.17) is 0 Å². The summed E-state index contributed by atoms with van der Waals surface area (Å²) in [5, 5.41) is 29.7. The molecule has 0 saturated carbocycles. The monoisotopic (exact) mass is 406 g/mol. The predicted octanol–water partition coefficient (Wildman–Crippen LogP) is -0.812. The Morgan fingerprint density at radius 2 is 0.789 bits per heavy atom. The molecule has 6 nitrogen and oxygen atoms in total. The molecule has 0 aromatic heterocycles. The summed E-state index contributed by atoms with van der Waals surface area (Å²) < 4.78 is 13.5. The fraction of sp³-hybridized carbons (Fsp3) is 1.00. The van der Waals surface area contributed by atoms with E-state index < -0.39 is 18.9 Å². The SMILES string of the molecule is CCOC(C)[O-].CCOC(C)[O-].CCOC(C)[O-].[La+3]. The largest absolute Gasteiger partial charge is 3.00 e. The van der Waals surface area contributed by atoms with Crippen LogP contribution in [0.4, 0.5) is 0 Å². The molecule has 0 N–H and O–H groups in total. The smallest absolute Gasteiger partial charge is 0.831 e. The topological polar surface area (TPSA) is 96.9 Å². The summed E-state index contributed by atoms with van der Waals surface area (Å²) in [6.45, 7) is 11.4. The average molecular weight is 406 g/mol. The predicted molar refractivity (Wildman–Crippen MR) is 63.3 cm³/mol. The van der Waals surface area contributed by atoms with Crippen LogP contribution >= 0.6 is 0 Å². The third-order valence-electron chi connectivity index (χ3n) is 1.20. The Morgan fingerprint density at radius 1 is 0.632 bits per heavy atom. The zero-order chi connectivity index (χ0) is 15.0. The molecule has 0 bridgehead atoms. The molecule has 0 saturated heterocycles. The fourth-order valence-electron chi connectivity index (χ4n) is 0.704. The van der Waals surface area contributed by atoms with Gasteiger partial charge < -0.3 is 29.5 Å². The van der Waals surface area contributed by atoms with Gasteiger partial charge in [0.1, 0.15) is 0 Å². The Bertz CT molecular complexity index is 110. The van der Waals surface area contributed by atoms with Crippen molar-refractivity contribution < 1.29 is 65.1 Å². The molecule has 0 radical (unpaired) electrons. The molecule has 7 heteroatoms. The second-order valence-electron chi connectivity index (χ2n) is 3.07. The van der Waals surface area contributed by atoms with Gasteiger partial charge in [0.05, 0.1) is 0 Å². The average Bonchev–Trinajstić information content (AvgIpc) is 2.18. The Labute approximate surface area is 145 Å². The van der Waals surface area contributed by atoms with E-state index in [-0.39, 0.29) is 35.6 Å². The van der Waals surface area contributed by atoms with Crippen LogP contribution in [0.15, 0.2) is 0 Å². The summed E-state index contributed by atoms with van der Waals surface area (Å²) >= 11 is 0. The van der Waals surface area contributed by atoms with Gasteiger partial charge in [-0.15, -0.1) is 0 Å². The van der Waals surface area contributed by atoms with E-state index in [1.807, 2.05) is 0 Å². The Kier molecular flexibility index (Phi) is 35.6. The van der Waals surface area contributed by atoms with Crippen LogP contribution in [0, 0.1) is 35.6 Å². The van der Waals surface area contributed by atoms with Gasteiger partial charge >= 0.3 is 35.6 Å². The minimum Gasteiger partial charge on any atom is -0.831 e. The Morgan fingerprint density at radius 3 is 0.789 bits per heavy atom. The number of ether oxygens (including phenoxy) is 3. The number of hydrogen-bond acceptors (Lipinski definition) is 6. The first kappa shape index (κ1) is 28.2. The summed E-state index contributed by atoms with van der Waals surface area (Å²) in [6, 6.07) is 0. The van der Waals surface area contributed by atoms with E-state index in [0.29, 0.717) is 19.8 Å². The molecule has 0 aliphatic carbocycles. The first-order valence-electron chi connectivity index (χ1n) is 6.13. The molecule has 0 fully saturated rings. The van der Waals surface area contributed by atoms with Gasteiger partial charge in [-0.3, -0.25) is 0 Å². The Hall–Kier alpha value is 0.955. The van der Waals surface area contributed by atoms with Crippen LogP contribution < -0.4 is 15.3 Å². The molecule has 0 spiro atoms. The summed E-state index contributed by atoms with van der Waals surface area (Å²) in [6.07, 6.45) is -2.56. The van der Waals surface area contributed by atoms with E-state index >= 15 is 0 Å². The van der Waals surface area contributed by atoms with E-state index in [9.17, 15) is 15.3 Å². The molecule has 0 aliphatic heterocycles. The van der Waals surface area contributed by atoms with Gasteiger partial charge in [-0.05, 0) is 39.6 Å². The molecule has 3 atom stereocenters. The first-order valence-corrected chi connectivity index (χ1v) is 6.13. The number of hydrogen-bond donors (Lipinski definition) is 0. The van der Waals surface area contributed by atoms with Crippen LogP contribution in [0.1, 0.15) is 41.5 Å². The molecular weight excluding hydrogens is 379 g/mol. The Balaban J connectivity index is -0.0000000865. The first-order chi connectivity index (χ1) is 8.31. The summed E-state index contributed by atoms with van der Waals surface area (Å²) in [7, 11) is 0. The third kappa shape index (κ3) is 55.0. The maximum atomic E-state index is 9.90. The van der Waals surface area contributed by atoms with Crippen LogP contribution in [0.3, 0.4) is 0 Å². The standard InChI is InChI=1S/3C4H9O2.La/c3*1-3-6-4(2)5;/h3*4H,3H2,1-2H3;/q3*-1;+3. The van der Waals surface area contributed by atoms with Gasteiger partial charge in [0.2, 0.25) is 0 Å². The molecule has 0 rings (SSSR count). The third-order valence-corrected chi connectivity index (χ3v) is 1.20.